The lowest BCUT2D eigenvalue weighted by molar-refractivity contribution is -0.132. The van der Waals surface area contributed by atoms with E-state index in [0.717, 1.165) is 0 Å². The molecule has 0 amide bonds. The summed E-state index contributed by atoms with van der Waals surface area (Å²) in [5.74, 6) is -0.745. The molecule has 0 unspecified atom stereocenters. The topological polar surface area (TPSA) is 37.3 Å². The van der Waals surface area contributed by atoms with Crippen LogP contribution < -0.4 is 0 Å². The minimum Gasteiger partial charge on any atom is -0.478 e. The number of hydrogen-bond donors (Lipinski definition) is 1. The van der Waals surface area contributed by atoms with E-state index in [-0.39, 0.29) is 0 Å². The lowest BCUT2D eigenvalue weighted by Crippen LogP contribution is -2.40. The Bertz CT molecular complexity index is 460. The second-order valence-corrected chi connectivity index (χ2v) is 15.9. The summed E-state index contributed by atoms with van der Waals surface area (Å²) < 4.78 is 0. The Morgan fingerprint density at radius 3 is 1.29 bits per heavy atom. The minimum absolute atomic E-state index is 0.561. The summed E-state index contributed by atoms with van der Waals surface area (Å²) in [5, 5.41) is 9.38. The van der Waals surface area contributed by atoms with Gasteiger partial charge in [0.2, 0.25) is 0 Å². The van der Waals surface area contributed by atoms with E-state index in [1.807, 2.05) is 0 Å². The molecule has 184 valence electrons. The summed E-state index contributed by atoms with van der Waals surface area (Å²) in [6, 6.07) is 1.24. The molecule has 0 aliphatic carbocycles. The molecule has 0 rings (SSSR count). The Kier molecular flexibility index (Phi) is 18.6. The van der Waals surface area contributed by atoms with E-state index in [9.17, 15) is 9.90 Å². The third-order valence-electron chi connectivity index (χ3n) is 7.44. The van der Waals surface area contributed by atoms with Gasteiger partial charge in [-0.1, -0.05) is 149 Å². The van der Waals surface area contributed by atoms with Crippen molar-refractivity contribution in [1.29, 1.82) is 0 Å². The third kappa shape index (κ3) is 14.2. The minimum atomic E-state index is -1.73. The second kappa shape index (κ2) is 18.9. The van der Waals surface area contributed by atoms with Crippen LogP contribution in [-0.2, 0) is 4.79 Å². The molecule has 1 N–H and O–H groups in total. The van der Waals surface area contributed by atoms with Crippen LogP contribution in [0.4, 0.5) is 0 Å². The fourth-order valence-corrected chi connectivity index (χ4v) is 10.2. The Morgan fingerprint density at radius 2 is 1.00 bits per heavy atom. The molecular weight excluding hydrogens is 396 g/mol. The first kappa shape index (κ1) is 30.4. The Morgan fingerprint density at radius 1 is 0.677 bits per heavy atom. The van der Waals surface area contributed by atoms with Gasteiger partial charge in [0.25, 0.3) is 0 Å². The molecule has 2 nitrogen and oxygen atoms in total. The van der Waals surface area contributed by atoms with E-state index in [1.165, 1.54) is 109 Å². The number of aliphatic carboxylic acids is 1. The van der Waals surface area contributed by atoms with Crippen LogP contribution in [0.5, 0.6) is 0 Å². The molecule has 0 fully saturated rings. The summed E-state index contributed by atoms with van der Waals surface area (Å²) in [5.41, 5.74) is 3.96. The summed E-state index contributed by atoms with van der Waals surface area (Å²) in [4.78, 5) is 11.4. The van der Waals surface area contributed by atoms with Crippen molar-refractivity contribution < 1.29 is 9.90 Å². The van der Waals surface area contributed by atoms with Gasteiger partial charge in [-0.25, -0.2) is 4.79 Å². The largest absolute Gasteiger partial charge is 0.478 e. The highest BCUT2D eigenvalue weighted by atomic mass is 28.3. The predicted molar refractivity (Wildman–Crippen MR) is 142 cm³/mol. The van der Waals surface area contributed by atoms with E-state index in [4.69, 9.17) is 0 Å². The van der Waals surface area contributed by atoms with Crippen LogP contribution in [0, 0.1) is 0 Å². The van der Waals surface area contributed by atoms with Gasteiger partial charge in [-0.3, -0.25) is 0 Å². The molecule has 0 heterocycles. The smallest absolute Gasteiger partial charge is 0.330 e. The van der Waals surface area contributed by atoms with Gasteiger partial charge in [0.1, 0.15) is 0 Å². The molecule has 0 radical (unpaired) electrons. The lowest BCUT2D eigenvalue weighted by Gasteiger charge is -2.37. The number of carbonyl (C=O) groups is 1. The van der Waals surface area contributed by atoms with Crippen molar-refractivity contribution in [2.45, 2.75) is 161 Å². The Labute approximate surface area is 196 Å². The Balaban J connectivity index is 3.88. The summed E-state index contributed by atoms with van der Waals surface area (Å²) >= 11 is 0. The molecule has 3 heteroatoms. The SMILES string of the molecule is CCCCCCCCCCCCCCCCCC[Si](C=C(C)C(=O)O)(C(C)C)C(C)C. The molecule has 0 aromatic carbocycles. The van der Waals surface area contributed by atoms with Crippen molar-refractivity contribution in [3.63, 3.8) is 0 Å². The first-order chi connectivity index (χ1) is 14.8. The number of hydrogen-bond acceptors (Lipinski definition) is 1. The average molecular weight is 453 g/mol. The van der Waals surface area contributed by atoms with Crippen molar-refractivity contribution in [3.8, 4) is 0 Å². The van der Waals surface area contributed by atoms with Crippen LogP contribution in [0.3, 0.4) is 0 Å². The zero-order chi connectivity index (χ0) is 23.5. The Hall–Kier alpha value is -0.573. The maximum atomic E-state index is 11.4. The molecule has 0 aromatic rings. The van der Waals surface area contributed by atoms with Gasteiger partial charge in [0.05, 0.1) is 8.07 Å². The quantitative estimate of drug-likeness (QED) is 0.107. The molecule has 0 spiro atoms. The normalized spacial score (nSPS) is 12.8. The summed E-state index contributed by atoms with van der Waals surface area (Å²) in [6.07, 6.45) is 22.4. The van der Waals surface area contributed by atoms with E-state index < -0.39 is 14.0 Å². The lowest BCUT2D eigenvalue weighted by atomic mass is 10.0. The molecule has 0 aliphatic rings. The molecule has 0 saturated carbocycles. The van der Waals surface area contributed by atoms with E-state index >= 15 is 0 Å². The number of carboxylic acid groups (broad SMARTS) is 1. The molecule has 31 heavy (non-hydrogen) atoms. The first-order valence-corrected chi connectivity index (χ1v) is 16.1. The number of unbranched alkanes of at least 4 members (excludes halogenated alkanes) is 15. The van der Waals surface area contributed by atoms with Crippen molar-refractivity contribution >= 4 is 14.0 Å². The van der Waals surface area contributed by atoms with Crippen molar-refractivity contribution in [3.05, 3.63) is 11.3 Å². The maximum Gasteiger partial charge on any atom is 0.330 e. The van der Waals surface area contributed by atoms with Gasteiger partial charge in [-0.2, -0.15) is 0 Å². The fraction of sp³-hybridized carbons (Fsp3) is 0.893. The highest BCUT2D eigenvalue weighted by molar-refractivity contribution is 6.87. The van der Waals surface area contributed by atoms with E-state index in [1.54, 1.807) is 6.92 Å². The highest BCUT2D eigenvalue weighted by Crippen LogP contribution is 2.39. The van der Waals surface area contributed by atoms with Crippen LogP contribution in [-0.4, -0.2) is 19.1 Å². The van der Waals surface area contributed by atoms with Crippen molar-refractivity contribution in [1.82, 2.24) is 0 Å². The van der Waals surface area contributed by atoms with Crippen LogP contribution in [0.2, 0.25) is 17.1 Å². The first-order valence-electron chi connectivity index (χ1n) is 13.7. The van der Waals surface area contributed by atoms with Crippen molar-refractivity contribution in [2.75, 3.05) is 0 Å². The van der Waals surface area contributed by atoms with Gasteiger partial charge in [-0.15, -0.1) is 0 Å². The molecule has 0 aliphatic heterocycles. The average Bonchev–Trinajstić information content (AvgIpc) is 2.71. The van der Waals surface area contributed by atoms with Crippen LogP contribution in [0.1, 0.15) is 144 Å². The monoisotopic (exact) mass is 452 g/mol. The molecule has 0 aromatic heterocycles. The van der Waals surface area contributed by atoms with Crippen LogP contribution in [0.15, 0.2) is 11.3 Å². The van der Waals surface area contributed by atoms with E-state index in [0.29, 0.717) is 16.7 Å². The molecule has 0 bridgehead atoms. The van der Waals surface area contributed by atoms with Gasteiger partial charge in [0.15, 0.2) is 0 Å². The van der Waals surface area contributed by atoms with Gasteiger partial charge in [0, 0.05) is 5.57 Å². The van der Waals surface area contributed by atoms with E-state index in [2.05, 4.69) is 40.3 Å². The summed E-state index contributed by atoms with van der Waals surface area (Å²) in [7, 11) is -1.73. The van der Waals surface area contributed by atoms with Gasteiger partial charge in [-0.05, 0) is 18.0 Å². The maximum absolute atomic E-state index is 11.4. The summed E-state index contributed by atoms with van der Waals surface area (Å²) in [6.45, 7) is 13.3. The molecular formula is C28H56O2Si. The zero-order valence-electron chi connectivity index (χ0n) is 22.1. The van der Waals surface area contributed by atoms with Crippen LogP contribution >= 0.6 is 0 Å². The molecule has 0 saturated heterocycles. The highest BCUT2D eigenvalue weighted by Gasteiger charge is 2.37. The number of carboxylic acids is 1. The van der Waals surface area contributed by atoms with Crippen molar-refractivity contribution in [2.24, 2.45) is 0 Å². The zero-order valence-corrected chi connectivity index (χ0v) is 23.1. The molecule has 0 atom stereocenters. The third-order valence-corrected chi connectivity index (χ3v) is 13.9. The van der Waals surface area contributed by atoms with Crippen LogP contribution in [0.25, 0.3) is 0 Å². The fourth-order valence-electron chi connectivity index (χ4n) is 5.09. The standard InChI is InChI=1S/C28H56O2Si/c1-7-8-9-10-11-12-13-14-15-16-17-18-19-20-21-22-23-31(25(2)3,26(4)5)24-27(6)28(29)30/h24-26H,7-23H2,1-6H3,(H,29,30). The van der Waals surface area contributed by atoms with Gasteiger partial charge >= 0.3 is 5.97 Å². The van der Waals surface area contributed by atoms with Gasteiger partial charge < -0.3 is 5.11 Å². The number of rotatable bonds is 21. The second-order valence-electron chi connectivity index (χ2n) is 10.6. The predicted octanol–water partition coefficient (Wildman–Crippen LogP) is 10.1.